The van der Waals surface area contributed by atoms with Crippen molar-refractivity contribution in [2.24, 2.45) is 0 Å². The van der Waals surface area contributed by atoms with Gasteiger partial charge in [-0.1, -0.05) is 0 Å². The van der Waals surface area contributed by atoms with E-state index in [4.69, 9.17) is 57.7 Å². The van der Waals surface area contributed by atoms with Crippen molar-refractivity contribution in [1.82, 2.24) is 0 Å². The van der Waals surface area contributed by atoms with Crippen LogP contribution in [0.3, 0.4) is 0 Å². The number of phosphoric acid groups is 3. The standard InChI is InChI=1S/C.Li.3H3O4P.Ti/c;;3*1-5(2,3)4;/h;;3*(H3,1,2,3,4);/q+4;+1;;;;+4/p-9. The van der Waals surface area contributed by atoms with Gasteiger partial charge in [0.05, 0.1) is 0 Å². The van der Waals surface area contributed by atoms with Crippen LogP contribution in [0.4, 0.5) is 0 Å². The van der Waals surface area contributed by atoms with E-state index in [9.17, 15) is 0 Å². The van der Waals surface area contributed by atoms with Gasteiger partial charge < -0.3 is 57.7 Å². The van der Waals surface area contributed by atoms with E-state index in [0.717, 1.165) is 0 Å². The molecule has 0 aliphatic heterocycles. The van der Waals surface area contributed by atoms with Gasteiger partial charge in [0.15, 0.2) is 0 Å². The number of rotatable bonds is 0. The van der Waals surface area contributed by atoms with Gasteiger partial charge in [-0.3, -0.25) is 0 Å². The molecule has 0 spiro atoms. The topological polar surface area (TPSA) is 259 Å². The van der Waals surface area contributed by atoms with Crippen molar-refractivity contribution < 1.29 is 98.3 Å². The first-order chi connectivity index (χ1) is 6.00. The van der Waals surface area contributed by atoms with Crippen molar-refractivity contribution in [3.63, 3.8) is 0 Å². The molecular formula is CLiO12P3Ti. The second-order valence-corrected chi connectivity index (χ2v) is 4.02. The van der Waals surface area contributed by atoms with Gasteiger partial charge in [0.2, 0.25) is 0 Å². The molecular weight excluding hydrogens is 352 g/mol. The summed E-state index contributed by atoms with van der Waals surface area (Å²) in [6, 6.07) is 0. The minimum atomic E-state index is -5.39. The molecule has 0 fully saturated rings. The van der Waals surface area contributed by atoms with E-state index in [2.05, 4.69) is 0 Å². The van der Waals surface area contributed by atoms with Crippen LogP contribution in [0.25, 0.3) is 0 Å². The molecule has 0 saturated carbocycles. The van der Waals surface area contributed by atoms with E-state index >= 15 is 0 Å². The summed E-state index contributed by atoms with van der Waals surface area (Å²) in [5.74, 6) is 0. The quantitative estimate of drug-likeness (QED) is 0.290. The summed E-state index contributed by atoms with van der Waals surface area (Å²) in [5, 5.41) is 0. The van der Waals surface area contributed by atoms with Crippen LogP contribution in [0, 0.1) is 7.43 Å². The summed E-state index contributed by atoms with van der Waals surface area (Å²) >= 11 is 0. The van der Waals surface area contributed by atoms with Gasteiger partial charge in [0, 0.05) is 0 Å². The largest absolute Gasteiger partial charge is 4.00 e. The Morgan fingerprint density at radius 3 is 0.500 bits per heavy atom. The Bertz CT molecular complexity index is 213. The van der Waals surface area contributed by atoms with Crippen LogP contribution in [0.1, 0.15) is 0 Å². The third-order valence-corrected chi connectivity index (χ3v) is 0. The molecule has 0 aromatic carbocycles. The van der Waals surface area contributed by atoms with E-state index in [1.54, 1.807) is 0 Å². The third-order valence-electron chi connectivity index (χ3n) is 0. The Labute approximate surface area is 129 Å². The van der Waals surface area contributed by atoms with E-state index in [0.29, 0.717) is 0 Å². The van der Waals surface area contributed by atoms with Gasteiger partial charge in [-0.15, -0.1) is 0 Å². The normalized spacial score (nSPS) is 9.83. The summed E-state index contributed by atoms with van der Waals surface area (Å²) in [5.41, 5.74) is 0. The number of hydrogen-bond donors (Lipinski definition) is 0. The van der Waals surface area contributed by atoms with E-state index < -0.39 is 23.5 Å². The summed E-state index contributed by atoms with van der Waals surface area (Å²) in [6.45, 7) is 0. The maximum atomic E-state index is 8.55. The predicted molar refractivity (Wildman–Crippen MR) is 26.1 cm³/mol. The van der Waals surface area contributed by atoms with Crippen LogP contribution in [0.2, 0.25) is 0 Å². The van der Waals surface area contributed by atoms with Crippen LogP contribution in [-0.4, -0.2) is 0 Å². The van der Waals surface area contributed by atoms with Crippen molar-refractivity contribution in [3.05, 3.63) is 7.43 Å². The molecule has 0 aliphatic rings. The zero-order valence-electron chi connectivity index (χ0n) is 8.24. The molecule has 0 aromatic heterocycles. The molecule has 0 saturated heterocycles. The minimum absolute atomic E-state index is 0. The minimum Gasteiger partial charge on any atom is -0.822 e. The van der Waals surface area contributed by atoms with Crippen molar-refractivity contribution in [3.8, 4) is 0 Å². The van der Waals surface area contributed by atoms with Gasteiger partial charge in [-0.25, -0.2) is 0 Å². The summed E-state index contributed by atoms with van der Waals surface area (Å²) in [6.07, 6.45) is 0. The molecule has 96 valence electrons. The van der Waals surface area contributed by atoms with Gasteiger partial charge in [0.1, 0.15) is 0 Å². The van der Waals surface area contributed by atoms with E-state index in [1.165, 1.54) is 0 Å². The van der Waals surface area contributed by atoms with Gasteiger partial charge in [-0.2, -0.15) is 23.5 Å². The molecule has 0 amide bonds. The first-order valence-electron chi connectivity index (χ1n) is 2.19. The van der Waals surface area contributed by atoms with Crippen molar-refractivity contribution in [1.29, 1.82) is 0 Å². The molecule has 17 heteroatoms. The fourth-order valence-electron chi connectivity index (χ4n) is 0. The summed E-state index contributed by atoms with van der Waals surface area (Å²) in [7, 11) is -16.2. The van der Waals surface area contributed by atoms with Gasteiger partial charge in [-0.05, 0) is 0 Å². The molecule has 0 aliphatic carbocycles. The van der Waals surface area contributed by atoms with E-state index in [-0.39, 0.29) is 48.0 Å². The molecule has 0 rings (SSSR count). The molecule has 12 nitrogen and oxygen atoms in total. The third kappa shape index (κ3) is 1810. The van der Waals surface area contributed by atoms with Crippen LogP contribution < -0.4 is 62.9 Å². The average molecular weight is 352 g/mol. The Hall–Kier alpha value is 1.64. The summed E-state index contributed by atoms with van der Waals surface area (Å²) < 4.78 is 25.6. The molecule has 18 heavy (non-hydrogen) atoms. The Morgan fingerprint density at radius 1 is 0.500 bits per heavy atom. The average Bonchev–Trinajstić information content (AvgIpc) is 1.41. The van der Waals surface area contributed by atoms with Crippen molar-refractivity contribution >= 4 is 23.5 Å². The molecule has 0 N–H and O–H groups in total. The maximum absolute atomic E-state index is 8.55. The Morgan fingerprint density at radius 2 is 0.500 bits per heavy atom. The zero-order valence-corrected chi connectivity index (χ0v) is 12.5. The molecule has 0 heterocycles. The fraction of sp³-hybridized carbons (Fsp3) is 0. The molecule has 0 bridgehead atoms. The van der Waals surface area contributed by atoms with Crippen LogP contribution in [-0.2, 0) is 35.4 Å². The van der Waals surface area contributed by atoms with Gasteiger partial charge >= 0.3 is 48.0 Å². The van der Waals surface area contributed by atoms with Crippen LogP contribution in [0.15, 0.2) is 0 Å². The van der Waals surface area contributed by atoms with Crippen LogP contribution >= 0.6 is 23.5 Å². The molecule has 0 radical (unpaired) electrons. The SMILES string of the molecule is O=P([O-])([O-])[O-].O=P([O-])([O-])[O-].O=P([O-])([O-])[O-].[C+4].[Li+].[Ti+4]. The molecule has 0 unspecified atom stereocenters. The second-order valence-electron chi connectivity index (χ2n) is 1.34. The fourth-order valence-corrected chi connectivity index (χ4v) is 0. The summed E-state index contributed by atoms with van der Waals surface area (Å²) in [4.78, 5) is 76.9. The first kappa shape index (κ1) is 36.7. The van der Waals surface area contributed by atoms with Crippen LogP contribution in [0.5, 0.6) is 0 Å². The van der Waals surface area contributed by atoms with Gasteiger partial charge in [0.25, 0.3) is 0 Å². The maximum Gasteiger partial charge on any atom is 4.00 e. The smallest absolute Gasteiger partial charge is 0.822 e. The molecule has 0 atom stereocenters. The monoisotopic (exact) mass is 352 g/mol. The zero-order chi connectivity index (χ0) is 13.5. The van der Waals surface area contributed by atoms with Crippen molar-refractivity contribution in [2.75, 3.05) is 0 Å². The van der Waals surface area contributed by atoms with E-state index in [1.807, 2.05) is 0 Å². The van der Waals surface area contributed by atoms with Crippen molar-refractivity contribution in [2.45, 2.75) is 0 Å². The molecule has 0 aromatic rings. The Balaban J connectivity index is -0.0000000277. The Kier molecular flexibility index (Phi) is 30.6. The second kappa shape index (κ2) is 15.0. The predicted octanol–water partition coefficient (Wildman–Crippen LogP) is -11.4. The number of hydrogen-bond acceptors (Lipinski definition) is 12. The first-order valence-corrected chi connectivity index (χ1v) is 6.57.